The molecule has 1 aromatic heterocycles. The fraction of sp³-hybridized carbons (Fsp3) is 0.391. The summed E-state index contributed by atoms with van der Waals surface area (Å²) < 4.78 is 26.7. The molecule has 1 saturated heterocycles. The van der Waals surface area contributed by atoms with Gasteiger partial charge in [0.15, 0.2) is 0 Å². The number of likely N-dealkylation sites (tertiary alicyclic amines) is 1. The van der Waals surface area contributed by atoms with E-state index in [4.69, 9.17) is 0 Å². The van der Waals surface area contributed by atoms with E-state index in [1.165, 1.54) is 18.2 Å². The first-order chi connectivity index (χ1) is 15.8. The molecule has 1 saturated carbocycles. The predicted molar refractivity (Wildman–Crippen MR) is 119 cm³/mol. The molecule has 3 aliphatic rings. The number of piperidine rings is 1. The first-order valence-electron chi connectivity index (χ1n) is 11.0. The van der Waals surface area contributed by atoms with Crippen molar-refractivity contribution in [3.8, 4) is 0 Å². The Morgan fingerprint density at radius 2 is 1.91 bits per heavy atom. The van der Waals surface area contributed by atoms with Gasteiger partial charge >= 0.3 is 0 Å². The fourth-order valence-electron chi connectivity index (χ4n) is 4.45. The minimum absolute atomic E-state index is 0.109. The van der Waals surface area contributed by atoms with Gasteiger partial charge < -0.3 is 10.2 Å². The largest absolute Gasteiger partial charge is 0.338 e. The van der Waals surface area contributed by atoms with Gasteiger partial charge in [-0.3, -0.25) is 14.4 Å². The van der Waals surface area contributed by atoms with E-state index in [1.807, 2.05) is 19.1 Å². The monoisotopic (exact) mass is 468 g/mol. The highest BCUT2D eigenvalue weighted by Crippen LogP contribution is 2.39. The van der Waals surface area contributed by atoms with Crippen LogP contribution in [0, 0.1) is 12.8 Å². The van der Waals surface area contributed by atoms with Gasteiger partial charge in [-0.15, -0.1) is 0 Å². The Bertz CT molecular complexity index is 1270. The molecular weight excluding hydrogens is 444 g/mol. The van der Waals surface area contributed by atoms with Gasteiger partial charge in [-0.25, -0.2) is 17.7 Å². The summed E-state index contributed by atoms with van der Waals surface area (Å²) in [5.74, 6) is -0.998. The number of nitrogens with zero attached hydrogens (tertiary/aromatic N) is 3. The van der Waals surface area contributed by atoms with E-state index in [0.717, 1.165) is 10.00 Å². The molecule has 0 bridgehead atoms. The van der Waals surface area contributed by atoms with Gasteiger partial charge in [0.2, 0.25) is 5.91 Å². The van der Waals surface area contributed by atoms with Crippen molar-refractivity contribution in [2.75, 3.05) is 18.4 Å². The summed E-state index contributed by atoms with van der Waals surface area (Å²) in [6.07, 6.45) is 2.63. The van der Waals surface area contributed by atoms with Gasteiger partial charge in [-0.2, -0.15) is 0 Å². The Labute approximate surface area is 191 Å². The van der Waals surface area contributed by atoms with Crippen molar-refractivity contribution in [2.24, 2.45) is 5.92 Å². The Kier molecular flexibility index (Phi) is 5.19. The zero-order chi connectivity index (χ0) is 23.3. The molecule has 3 amide bonds. The highest BCUT2D eigenvalue weighted by Gasteiger charge is 2.49. The average Bonchev–Trinajstić information content (AvgIpc) is 3.60. The fourth-order valence-corrected chi connectivity index (χ4v) is 6.29. The van der Waals surface area contributed by atoms with E-state index in [-0.39, 0.29) is 40.4 Å². The lowest BCUT2D eigenvalue weighted by atomic mass is 9.96. The summed E-state index contributed by atoms with van der Waals surface area (Å²) in [4.78, 5) is 44.2. The summed E-state index contributed by atoms with van der Waals surface area (Å²) in [5, 5.41) is 2.81. The van der Waals surface area contributed by atoms with Crippen LogP contribution in [-0.2, 0) is 14.8 Å². The number of anilines is 1. The number of aromatic nitrogens is 1. The van der Waals surface area contributed by atoms with Gasteiger partial charge in [-0.1, -0.05) is 6.07 Å². The molecule has 3 heterocycles. The van der Waals surface area contributed by atoms with Gasteiger partial charge in [-0.05, 0) is 62.9 Å². The van der Waals surface area contributed by atoms with Gasteiger partial charge in [0.25, 0.3) is 21.8 Å². The van der Waals surface area contributed by atoms with Gasteiger partial charge in [0.1, 0.15) is 10.7 Å². The Morgan fingerprint density at radius 1 is 1.12 bits per heavy atom. The van der Waals surface area contributed by atoms with Crippen LogP contribution < -0.4 is 5.32 Å². The molecule has 33 heavy (non-hydrogen) atoms. The third-order valence-electron chi connectivity index (χ3n) is 6.29. The van der Waals surface area contributed by atoms with Crippen LogP contribution in [0.2, 0.25) is 0 Å². The molecule has 1 aromatic carbocycles. The first kappa shape index (κ1) is 21.6. The third kappa shape index (κ3) is 3.88. The number of aryl methyl sites for hydroxylation is 1. The summed E-state index contributed by atoms with van der Waals surface area (Å²) in [5.41, 5.74) is 1.10. The maximum absolute atomic E-state index is 13.2. The smallest absolute Gasteiger partial charge is 0.269 e. The highest BCUT2D eigenvalue weighted by atomic mass is 32.2. The molecule has 1 unspecified atom stereocenters. The van der Waals surface area contributed by atoms with E-state index in [9.17, 15) is 22.8 Å². The summed E-state index contributed by atoms with van der Waals surface area (Å²) in [7, 11) is -3.94. The van der Waals surface area contributed by atoms with Crippen molar-refractivity contribution in [2.45, 2.75) is 43.5 Å². The lowest BCUT2D eigenvalue weighted by molar-refractivity contribution is -0.121. The molecule has 9 nitrogen and oxygen atoms in total. The molecule has 2 aromatic rings. The maximum atomic E-state index is 13.2. The molecule has 0 spiro atoms. The van der Waals surface area contributed by atoms with Crippen LogP contribution in [0.15, 0.2) is 41.3 Å². The van der Waals surface area contributed by atoms with Crippen LogP contribution in [0.1, 0.15) is 52.1 Å². The lowest BCUT2D eigenvalue weighted by Crippen LogP contribution is -2.43. The van der Waals surface area contributed by atoms with Crippen molar-refractivity contribution in [1.29, 1.82) is 0 Å². The number of carbonyl (C=O) groups is 3. The Balaban J connectivity index is 1.32. The van der Waals surface area contributed by atoms with Crippen LogP contribution in [0.4, 0.5) is 5.82 Å². The first-order valence-corrected chi connectivity index (χ1v) is 12.5. The standard InChI is InChI=1S/C23H24N4O5S/c1-14-4-2-6-20(24-14)25-21(28)16-5-3-11-26(13-16)22(29)15-7-10-18-19(12-15)33(31,32)27(23(18)30)17-8-9-17/h2,4,6-7,10,12,16-17H,3,5,8-9,11,13H2,1H3,(H,24,25,28). The molecule has 10 heteroatoms. The summed E-state index contributed by atoms with van der Waals surface area (Å²) in [6.45, 7) is 2.54. The minimum atomic E-state index is -3.94. The number of rotatable bonds is 4. The normalized spacial score (nSPS) is 21.6. The molecule has 1 aliphatic carbocycles. The van der Waals surface area contributed by atoms with E-state index >= 15 is 0 Å². The van der Waals surface area contributed by atoms with Crippen LogP contribution in [0.5, 0.6) is 0 Å². The molecule has 5 rings (SSSR count). The second kappa shape index (κ2) is 7.95. The van der Waals surface area contributed by atoms with E-state index < -0.39 is 21.8 Å². The quantitative estimate of drug-likeness (QED) is 0.735. The van der Waals surface area contributed by atoms with Crippen molar-refractivity contribution < 1.29 is 22.8 Å². The van der Waals surface area contributed by atoms with Crippen molar-refractivity contribution in [3.05, 3.63) is 53.2 Å². The summed E-state index contributed by atoms with van der Waals surface area (Å²) >= 11 is 0. The Morgan fingerprint density at radius 3 is 2.64 bits per heavy atom. The van der Waals surface area contributed by atoms with Crippen LogP contribution >= 0.6 is 0 Å². The van der Waals surface area contributed by atoms with Gasteiger partial charge in [0, 0.05) is 30.4 Å². The molecule has 1 atom stereocenters. The van der Waals surface area contributed by atoms with Crippen LogP contribution in [0.3, 0.4) is 0 Å². The lowest BCUT2D eigenvalue weighted by Gasteiger charge is -2.32. The van der Waals surface area contributed by atoms with E-state index in [1.54, 1.807) is 11.0 Å². The van der Waals surface area contributed by atoms with Crippen LogP contribution in [0.25, 0.3) is 0 Å². The molecule has 1 N–H and O–H groups in total. The number of hydrogen-bond acceptors (Lipinski definition) is 6. The van der Waals surface area contributed by atoms with E-state index in [0.29, 0.717) is 38.0 Å². The topological polar surface area (TPSA) is 117 Å². The van der Waals surface area contributed by atoms with Crippen molar-refractivity contribution >= 4 is 33.6 Å². The highest BCUT2D eigenvalue weighted by molar-refractivity contribution is 7.90. The maximum Gasteiger partial charge on any atom is 0.269 e. The van der Waals surface area contributed by atoms with Gasteiger partial charge in [0.05, 0.1) is 11.5 Å². The van der Waals surface area contributed by atoms with Crippen LogP contribution in [-0.4, -0.2) is 59.5 Å². The minimum Gasteiger partial charge on any atom is -0.338 e. The second-order valence-electron chi connectivity index (χ2n) is 8.79. The number of hydrogen-bond donors (Lipinski definition) is 1. The summed E-state index contributed by atoms with van der Waals surface area (Å²) in [6, 6.07) is 9.30. The zero-order valence-electron chi connectivity index (χ0n) is 18.2. The molecule has 0 radical (unpaired) electrons. The van der Waals surface area contributed by atoms with Crippen molar-refractivity contribution in [1.82, 2.24) is 14.2 Å². The Hall–Kier alpha value is -3.27. The second-order valence-corrected chi connectivity index (χ2v) is 10.6. The average molecular weight is 469 g/mol. The number of pyridine rings is 1. The third-order valence-corrected chi connectivity index (χ3v) is 8.17. The predicted octanol–water partition coefficient (Wildman–Crippen LogP) is 2.19. The number of benzene rings is 1. The number of nitrogens with one attached hydrogen (secondary N) is 1. The van der Waals surface area contributed by atoms with Crippen molar-refractivity contribution in [3.63, 3.8) is 0 Å². The van der Waals surface area contributed by atoms with E-state index in [2.05, 4.69) is 10.3 Å². The number of carbonyl (C=O) groups excluding carboxylic acids is 3. The molecule has 2 fully saturated rings. The molecule has 172 valence electrons. The number of fused-ring (bicyclic) bond motifs is 1. The molecular formula is C23H24N4O5S. The number of sulfonamides is 1. The number of amides is 3. The molecule has 2 aliphatic heterocycles. The SMILES string of the molecule is Cc1cccc(NC(=O)C2CCCN(C(=O)c3ccc4c(c3)S(=O)(=O)N(C3CC3)C4=O)C2)n1. The zero-order valence-corrected chi connectivity index (χ0v) is 19.0.